The minimum absolute atomic E-state index is 0.0883. The molecule has 0 aliphatic heterocycles. The number of hydrogen-bond donors (Lipinski definition) is 3. The highest BCUT2D eigenvalue weighted by molar-refractivity contribution is 7.47. The molecule has 0 aromatic rings. The molecule has 0 saturated heterocycles. The van der Waals surface area contributed by atoms with Gasteiger partial charge in [0.1, 0.15) is 12.7 Å². The number of hydrogen-bond acceptors (Lipinski definition) is 7. The van der Waals surface area contributed by atoms with Crippen LogP contribution in [0, 0.1) is 0 Å². The molecule has 0 bridgehead atoms. The van der Waals surface area contributed by atoms with E-state index in [1.165, 1.54) is 154 Å². The van der Waals surface area contributed by atoms with Gasteiger partial charge in [-0.25, -0.2) is 4.57 Å². The zero-order chi connectivity index (χ0) is 37.5. The van der Waals surface area contributed by atoms with Crippen molar-refractivity contribution in [1.82, 2.24) is 5.32 Å². The molecule has 0 saturated carbocycles. The number of aliphatic hydroxyl groups excluding tert-OH is 1. The second-order valence-electron chi connectivity index (χ2n) is 14.7. The summed E-state index contributed by atoms with van der Waals surface area (Å²) in [5, 5.41) is 12.7. The molecule has 0 spiro atoms. The summed E-state index contributed by atoms with van der Waals surface area (Å²) in [4.78, 5) is 33.9. The Morgan fingerprint density at radius 1 is 0.529 bits per heavy atom. The van der Waals surface area contributed by atoms with Crippen LogP contribution in [0.2, 0.25) is 0 Å². The van der Waals surface area contributed by atoms with Crippen molar-refractivity contribution in [3.8, 4) is 0 Å². The van der Waals surface area contributed by atoms with E-state index in [2.05, 4.69) is 19.2 Å². The van der Waals surface area contributed by atoms with Crippen LogP contribution in [0.1, 0.15) is 219 Å². The topological polar surface area (TPSA) is 131 Å². The molecule has 0 aliphatic carbocycles. The number of amides is 1. The van der Waals surface area contributed by atoms with Crippen molar-refractivity contribution in [3.05, 3.63) is 0 Å². The normalized spacial score (nSPS) is 13.3. The van der Waals surface area contributed by atoms with Gasteiger partial charge in [0.2, 0.25) is 5.91 Å². The smallest absolute Gasteiger partial charge is 0.463 e. The van der Waals surface area contributed by atoms with E-state index in [0.29, 0.717) is 12.8 Å². The molecule has 2 unspecified atom stereocenters. The average Bonchev–Trinajstić information content (AvgIpc) is 3.11. The number of aliphatic hydroxyl groups is 1. The summed E-state index contributed by atoms with van der Waals surface area (Å²) < 4.78 is 26.8. The first-order valence-electron chi connectivity index (χ1n) is 21.5. The third-order valence-corrected chi connectivity index (χ3v) is 10.5. The maximum atomic E-state index is 12.1. The highest BCUT2D eigenvalue weighted by Gasteiger charge is 2.23. The van der Waals surface area contributed by atoms with Gasteiger partial charge < -0.3 is 20.1 Å². The number of ether oxygens (including phenoxy) is 1. The summed E-state index contributed by atoms with van der Waals surface area (Å²) in [7, 11) is -4.41. The fraction of sp³-hybridized carbons (Fsp3) is 0.951. The average molecular weight is 748 g/mol. The quantitative estimate of drug-likeness (QED) is 0.0320. The molecule has 10 heteroatoms. The number of rotatable bonds is 41. The third kappa shape index (κ3) is 40.0. The molecule has 0 fully saturated rings. The standard InChI is InChI=1S/C41H82NO8P/c1-3-5-7-9-11-13-15-17-19-20-21-23-25-27-29-31-33-40(44)42-35-36-49-51(46,47)50-38-39(43)37-48-41(45)34-32-30-28-26-24-22-18-16-14-12-10-8-6-4-2/h39,43H,3-38H2,1-2H3,(H,42,44)(H,46,47). The lowest BCUT2D eigenvalue weighted by Gasteiger charge is -2.15. The van der Waals surface area contributed by atoms with E-state index < -0.39 is 26.5 Å². The van der Waals surface area contributed by atoms with Gasteiger partial charge in [0, 0.05) is 19.4 Å². The number of phosphoric ester groups is 1. The predicted molar refractivity (Wildman–Crippen MR) is 211 cm³/mol. The Morgan fingerprint density at radius 3 is 1.27 bits per heavy atom. The first-order chi connectivity index (χ1) is 24.8. The SMILES string of the molecule is CCCCCCCCCCCCCCCCCCC(=O)NCCOP(=O)(O)OCC(O)COC(=O)CCCCCCCCCCCCCCCC. The zero-order valence-corrected chi connectivity index (χ0v) is 34.2. The Labute approximate surface area is 314 Å². The van der Waals surface area contributed by atoms with E-state index in [9.17, 15) is 24.2 Å². The molecule has 0 rings (SSSR count). The highest BCUT2D eigenvalue weighted by Crippen LogP contribution is 2.42. The Hall–Kier alpha value is -0.990. The largest absolute Gasteiger partial charge is 0.472 e. The lowest BCUT2D eigenvalue weighted by molar-refractivity contribution is -0.147. The first kappa shape index (κ1) is 50.0. The number of unbranched alkanes of at least 4 members (excludes halogenated alkanes) is 28. The Balaban J connectivity index is 3.55. The van der Waals surface area contributed by atoms with Crippen LogP contribution in [0.25, 0.3) is 0 Å². The van der Waals surface area contributed by atoms with Gasteiger partial charge in [0.25, 0.3) is 0 Å². The van der Waals surface area contributed by atoms with Gasteiger partial charge in [-0.3, -0.25) is 18.6 Å². The lowest BCUT2D eigenvalue weighted by atomic mass is 10.0. The first-order valence-corrected chi connectivity index (χ1v) is 23.0. The van der Waals surface area contributed by atoms with Crippen molar-refractivity contribution < 1.29 is 37.9 Å². The number of esters is 1. The van der Waals surface area contributed by atoms with Crippen LogP contribution in [-0.4, -0.2) is 54.3 Å². The van der Waals surface area contributed by atoms with Gasteiger partial charge in [0.15, 0.2) is 0 Å². The molecule has 0 radical (unpaired) electrons. The molecular weight excluding hydrogens is 665 g/mol. The molecule has 0 aromatic heterocycles. The van der Waals surface area contributed by atoms with Crippen molar-refractivity contribution in [2.45, 2.75) is 225 Å². The van der Waals surface area contributed by atoms with Crippen LogP contribution in [0.15, 0.2) is 0 Å². The van der Waals surface area contributed by atoms with Crippen molar-refractivity contribution in [2.75, 3.05) is 26.4 Å². The molecule has 3 N–H and O–H groups in total. The molecule has 2 atom stereocenters. The molecule has 1 amide bonds. The van der Waals surface area contributed by atoms with Gasteiger partial charge in [0.05, 0.1) is 13.2 Å². The van der Waals surface area contributed by atoms with Crippen molar-refractivity contribution in [1.29, 1.82) is 0 Å². The Kier molecular flexibility index (Phi) is 38.0. The molecule has 0 aromatic carbocycles. The molecule has 304 valence electrons. The van der Waals surface area contributed by atoms with Crippen molar-refractivity contribution in [2.24, 2.45) is 0 Å². The van der Waals surface area contributed by atoms with E-state index in [1.54, 1.807) is 0 Å². The highest BCUT2D eigenvalue weighted by atomic mass is 31.2. The fourth-order valence-electron chi connectivity index (χ4n) is 6.26. The van der Waals surface area contributed by atoms with Gasteiger partial charge in [-0.05, 0) is 12.8 Å². The van der Waals surface area contributed by atoms with Crippen LogP contribution >= 0.6 is 7.82 Å². The van der Waals surface area contributed by atoms with Crippen LogP contribution < -0.4 is 5.32 Å². The number of carbonyl (C=O) groups excluding carboxylic acids is 2. The summed E-state index contributed by atoms with van der Waals surface area (Å²) >= 11 is 0. The molecule has 9 nitrogen and oxygen atoms in total. The molecule has 0 aliphatic rings. The Bertz CT molecular complexity index is 815. The van der Waals surface area contributed by atoms with E-state index >= 15 is 0 Å². The zero-order valence-electron chi connectivity index (χ0n) is 33.3. The van der Waals surface area contributed by atoms with E-state index in [1.807, 2.05) is 0 Å². The van der Waals surface area contributed by atoms with Crippen LogP contribution in [0.5, 0.6) is 0 Å². The van der Waals surface area contributed by atoms with E-state index in [-0.39, 0.29) is 25.7 Å². The Morgan fingerprint density at radius 2 is 0.882 bits per heavy atom. The van der Waals surface area contributed by atoms with Crippen molar-refractivity contribution in [3.63, 3.8) is 0 Å². The molecule has 0 heterocycles. The van der Waals surface area contributed by atoms with Gasteiger partial charge in [-0.1, -0.05) is 194 Å². The predicted octanol–water partition coefficient (Wildman–Crippen LogP) is 11.7. The maximum Gasteiger partial charge on any atom is 0.472 e. The lowest BCUT2D eigenvalue weighted by Crippen LogP contribution is -2.27. The number of phosphoric acid groups is 1. The number of nitrogens with one attached hydrogen (secondary N) is 1. The maximum absolute atomic E-state index is 12.1. The summed E-state index contributed by atoms with van der Waals surface area (Å²) in [5.74, 6) is -0.504. The third-order valence-electron chi connectivity index (χ3n) is 9.54. The van der Waals surface area contributed by atoms with E-state index in [4.69, 9.17) is 13.8 Å². The van der Waals surface area contributed by atoms with Crippen molar-refractivity contribution >= 4 is 19.7 Å². The minimum atomic E-state index is -4.41. The second-order valence-corrected chi connectivity index (χ2v) is 16.1. The summed E-state index contributed by atoms with van der Waals surface area (Å²) in [5.41, 5.74) is 0. The summed E-state index contributed by atoms with van der Waals surface area (Å²) in [6.07, 6.45) is 37.4. The van der Waals surface area contributed by atoms with Gasteiger partial charge in [-0.15, -0.1) is 0 Å². The molecular formula is C41H82NO8P. The summed E-state index contributed by atoms with van der Waals surface area (Å²) in [6.45, 7) is 3.59. The monoisotopic (exact) mass is 748 g/mol. The molecule has 51 heavy (non-hydrogen) atoms. The van der Waals surface area contributed by atoms with Gasteiger partial charge in [-0.2, -0.15) is 0 Å². The van der Waals surface area contributed by atoms with Crippen LogP contribution in [0.3, 0.4) is 0 Å². The van der Waals surface area contributed by atoms with Crippen LogP contribution in [0.4, 0.5) is 0 Å². The van der Waals surface area contributed by atoms with Crippen LogP contribution in [-0.2, 0) is 27.9 Å². The second kappa shape index (κ2) is 38.7. The fourth-order valence-corrected chi connectivity index (χ4v) is 7.02. The minimum Gasteiger partial charge on any atom is -0.463 e. The number of carbonyl (C=O) groups is 2. The van der Waals surface area contributed by atoms with Gasteiger partial charge >= 0.3 is 13.8 Å². The summed E-state index contributed by atoms with van der Waals surface area (Å²) in [6, 6.07) is 0. The van der Waals surface area contributed by atoms with E-state index in [0.717, 1.165) is 38.5 Å².